The fourth-order valence-corrected chi connectivity index (χ4v) is 3.56. The van der Waals surface area contributed by atoms with Gasteiger partial charge in [0.05, 0.1) is 5.52 Å². The van der Waals surface area contributed by atoms with Crippen LogP contribution in [0.15, 0.2) is 82.7 Å². The zero-order valence-corrected chi connectivity index (χ0v) is 14.7. The summed E-state index contributed by atoms with van der Waals surface area (Å²) in [5.41, 5.74) is 2.86. The van der Waals surface area contributed by atoms with Crippen LogP contribution >= 0.6 is 0 Å². The molecule has 0 amide bonds. The van der Waals surface area contributed by atoms with E-state index in [0.717, 1.165) is 47.8 Å². The third-order valence-electron chi connectivity index (χ3n) is 4.93. The fraction of sp³-hybridized carbons (Fsp3) is 0.217. The van der Waals surface area contributed by atoms with Crippen LogP contribution in [0.2, 0.25) is 0 Å². The number of unbranched alkanes of at least 4 members (excludes halogenated alkanes) is 1. The molecule has 0 fully saturated rings. The van der Waals surface area contributed by atoms with Crippen molar-refractivity contribution < 1.29 is 0 Å². The van der Waals surface area contributed by atoms with Gasteiger partial charge in [-0.3, -0.25) is 14.4 Å². The van der Waals surface area contributed by atoms with Gasteiger partial charge in [0.1, 0.15) is 0 Å². The maximum atomic E-state index is 13.2. The highest BCUT2D eigenvalue weighted by Crippen LogP contribution is 2.19. The van der Waals surface area contributed by atoms with Gasteiger partial charge in [0.15, 0.2) is 0 Å². The number of hydrogen-bond acceptors (Lipinski definition) is 2. The predicted octanol–water partition coefficient (Wildman–Crippen LogP) is 4.92. The molecule has 0 unspecified atom stereocenters. The first-order valence-electron chi connectivity index (χ1n) is 9.22. The number of para-hydroxylation sites is 2. The Morgan fingerprint density at radius 1 is 0.962 bits per heavy atom. The van der Waals surface area contributed by atoms with Crippen molar-refractivity contribution in [3.8, 4) is 5.69 Å². The van der Waals surface area contributed by atoms with Crippen LogP contribution < -0.4 is 5.56 Å². The number of aromatic nitrogens is 1. The SMILES string of the molecule is O=c1c(CCCC[C@@H]2C=CN=C2)cc2ccccc2n1-c1ccccc1. The molecule has 2 heterocycles. The van der Waals surface area contributed by atoms with Gasteiger partial charge in [0.2, 0.25) is 0 Å². The first kappa shape index (κ1) is 16.5. The zero-order valence-electron chi connectivity index (χ0n) is 14.7. The third kappa shape index (κ3) is 3.38. The molecule has 3 heteroatoms. The van der Waals surface area contributed by atoms with Gasteiger partial charge in [-0.25, -0.2) is 0 Å². The molecule has 2 aromatic carbocycles. The number of aryl methyl sites for hydroxylation is 1. The van der Waals surface area contributed by atoms with Gasteiger partial charge in [-0.05, 0) is 48.9 Å². The Balaban J connectivity index is 1.63. The van der Waals surface area contributed by atoms with Crippen LogP contribution in [0.3, 0.4) is 0 Å². The number of pyridine rings is 1. The normalized spacial score (nSPS) is 15.8. The minimum absolute atomic E-state index is 0.0947. The van der Waals surface area contributed by atoms with E-state index in [2.05, 4.69) is 23.2 Å². The molecule has 1 aliphatic rings. The lowest BCUT2D eigenvalue weighted by molar-refractivity contribution is 0.643. The number of aliphatic imine (C=N–C) groups is 1. The van der Waals surface area contributed by atoms with Crippen molar-refractivity contribution in [1.82, 2.24) is 4.57 Å². The number of nitrogens with zero attached hydrogens (tertiary/aromatic N) is 2. The molecule has 0 N–H and O–H groups in total. The molecule has 4 rings (SSSR count). The second-order valence-electron chi connectivity index (χ2n) is 6.75. The topological polar surface area (TPSA) is 34.4 Å². The Hall–Kier alpha value is -2.94. The molecule has 0 aliphatic carbocycles. The number of benzene rings is 2. The van der Waals surface area contributed by atoms with Gasteiger partial charge < -0.3 is 0 Å². The van der Waals surface area contributed by atoms with Crippen molar-refractivity contribution in [2.75, 3.05) is 0 Å². The van der Waals surface area contributed by atoms with Gasteiger partial charge in [0.25, 0.3) is 5.56 Å². The van der Waals surface area contributed by atoms with Crippen LogP contribution in [-0.2, 0) is 6.42 Å². The first-order chi connectivity index (χ1) is 12.8. The lowest BCUT2D eigenvalue weighted by atomic mass is 10.0. The highest BCUT2D eigenvalue weighted by molar-refractivity contribution is 5.81. The summed E-state index contributed by atoms with van der Waals surface area (Å²) in [6.07, 6.45) is 10.0. The van der Waals surface area contributed by atoms with Crippen LogP contribution in [0.1, 0.15) is 24.8 Å². The summed E-state index contributed by atoms with van der Waals surface area (Å²) in [7, 11) is 0. The molecule has 0 bridgehead atoms. The second-order valence-corrected chi connectivity index (χ2v) is 6.75. The highest BCUT2D eigenvalue weighted by atomic mass is 16.1. The van der Waals surface area contributed by atoms with Crippen molar-refractivity contribution in [2.45, 2.75) is 25.7 Å². The van der Waals surface area contributed by atoms with E-state index >= 15 is 0 Å². The largest absolute Gasteiger partial charge is 0.277 e. The summed E-state index contributed by atoms with van der Waals surface area (Å²) in [5.74, 6) is 0.465. The summed E-state index contributed by atoms with van der Waals surface area (Å²) in [6, 6.07) is 20.1. The molecule has 3 nitrogen and oxygen atoms in total. The summed E-state index contributed by atoms with van der Waals surface area (Å²) >= 11 is 0. The van der Waals surface area contributed by atoms with Gasteiger partial charge in [0, 0.05) is 29.6 Å². The van der Waals surface area contributed by atoms with Crippen molar-refractivity contribution in [3.05, 3.63) is 88.9 Å². The molecule has 130 valence electrons. The highest BCUT2D eigenvalue weighted by Gasteiger charge is 2.11. The quantitative estimate of drug-likeness (QED) is 0.586. The number of allylic oxidation sites excluding steroid dienone is 1. The van der Waals surface area contributed by atoms with E-state index in [1.165, 1.54) is 0 Å². The smallest absolute Gasteiger partial charge is 0.258 e. The predicted molar refractivity (Wildman–Crippen MR) is 108 cm³/mol. The summed E-state index contributed by atoms with van der Waals surface area (Å²) < 4.78 is 1.84. The molecule has 1 aromatic heterocycles. The minimum Gasteiger partial charge on any atom is -0.277 e. The van der Waals surface area contributed by atoms with E-state index in [-0.39, 0.29) is 5.56 Å². The van der Waals surface area contributed by atoms with Crippen LogP contribution in [0.25, 0.3) is 16.6 Å². The number of rotatable bonds is 6. The molecule has 26 heavy (non-hydrogen) atoms. The summed E-state index contributed by atoms with van der Waals surface area (Å²) in [4.78, 5) is 17.3. The van der Waals surface area contributed by atoms with E-state index in [4.69, 9.17) is 0 Å². The third-order valence-corrected chi connectivity index (χ3v) is 4.93. The second kappa shape index (κ2) is 7.52. The van der Waals surface area contributed by atoms with Crippen LogP contribution in [-0.4, -0.2) is 10.8 Å². The van der Waals surface area contributed by atoms with Crippen LogP contribution in [0, 0.1) is 5.92 Å². The standard InChI is InChI=1S/C23H22N2O/c26-23-20(10-5-4-8-18-14-15-24-17-18)16-19-9-6-7-13-22(19)25(23)21-11-2-1-3-12-21/h1-3,6-7,9,11-18H,4-5,8,10H2/t18-/m1/s1. The monoisotopic (exact) mass is 342 g/mol. The summed E-state index contributed by atoms with van der Waals surface area (Å²) in [5, 5.41) is 1.11. The van der Waals surface area contributed by atoms with Gasteiger partial charge >= 0.3 is 0 Å². The Morgan fingerprint density at radius 3 is 2.58 bits per heavy atom. The maximum absolute atomic E-state index is 13.2. The lowest BCUT2D eigenvalue weighted by Crippen LogP contribution is -2.22. The molecule has 0 spiro atoms. The molecule has 1 aliphatic heterocycles. The lowest BCUT2D eigenvalue weighted by Gasteiger charge is -2.13. The average molecular weight is 342 g/mol. The van der Waals surface area contributed by atoms with E-state index in [1.807, 2.05) is 65.5 Å². The van der Waals surface area contributed by atoms with E-state index in [0.29, 0.717) is 5.92 Å². The maximum Gasteiger partial charge on any atom is 0.258 e. The molecule has 0 saturated carbocycles. The first-order valence-corrected chi connectivity index (χ1v) is 9.22. The number of fused-ring (bicyclic) bond motifs is 1. The van der Waals surface area contributed by atoms with Crippen molar-refractivity contribution in [1.29, 1.82) is 0 Å². The Morgan fingerprint density at radius 2 is 1.77 bits per heavy atom. The van der Waals surface area contributed by atoms with Crippen molar-refractivity contribution in [2.24, 2.45) is 10.9 Å². The van der Waals surface area contributed by atoms with Gasteiger partial charge in [-0.2, -0.15) is 0 Å². The Kier molecular flexibility index (Phi) is 4.78. The summed E-state index contributed by atoms with van der Waals surface area (Å²) in [6.45, 7) is 0. The molecular formula is C23H22N2O. The van der Waals surface area contributed by atoms with Crippen molar-refractivity contribution >= 4 is 17.1 Å². The van der Waals surface area contributed by atoms with Crippen LogP contribution in [0.4, 0.5) is 0 Å². The van der Waals surface area contributed by atoms with E-state index < -0.39 is 0 Å². The molecule has 1 atom stereocenters. The Bertz CT molecular complexity index is 1000. The van der Waals surface area contributed by atoms with Crippen LogP contribution in [0.5, 0.6) is 0 Å². The van der Waals surface area contributed by atoms with Gasteiger partial charge in [-0.1, -0.05) is 48.9 Å². The van der Waals surface area contributed by atoms with E-state index in [1.54, 1.807) is 0 Å². The minimum atomic E-state index is 0.0947. The molecule has 0 saturated heterocycles. The zero-order chi connectivity index (χ0) is 17.8. The number of hydrogen-bond donors (Lipinski definition) is 0. The Labute approximate surface area is 153 Å². The van der Waals surface area contributed by atoms with E-state index in [9.17, 15) is 4.79 Å². The average Bonchev–Trinajstić information content (AvgIpc) is 3.20. The van der Waals surface area contributed by atoms with Gasteiger partial charge in [-0.15, -0.1) is 0 Å². The van der Waals surface area contributed by atoms with Crippen molar-refractivity contribution in [3.63, 3.8) is 0 Å². The molecule has 3 aromatic rings. The molecular weight excluding hydrogens is 320 g/mol. The molecule has 0 radical (unpaired) electrons. The fourth-order valence-electron chi connectivity index (χ4n) is 3.56.